The molecule has 0 N–H and O–H groups in total. The van der Waals surface area contributed by atoms with Crippen molar-refractivity contribution < 1.29 is 9.78 Å². The molecule has 98 valence electrons. The summed E-state index contributed by atoms with van der Waals surface area (Å²) in [6, 6.07) is 0. The summed E-state index contributed by atoms with van der Waals surface area (Å²) in [5.41, 5.74) is 0. The van der Waals surface area contributed by atoms with Crippen molar-refractivity contribution in [2.45, 2.75) is 57.8 Å². The van der Waals surface area contributed by atoms with E-state index < -0.39 is 0 Å². The Balaban J connectivity index is 2.13. The summed E-state index contributed by atoms with van der Waals surface area (Å²) in [6.07, 6.45) is 14.4. The molecule has 0 aromatic heterocycles. The second kappa shape index (κ2) is 11.6. The van der Waals surface area contributed by atoms with E-state index in [1.807, 2.05) is 0 Å². The van der Waals surface area contributed by atoms with E-state index in [4.69, 9.17) is 9.78 Å². The maximum atomic E-state index is 4.97. The van der Waals surface area contributed by atoms with E-state index in [2.05, 4.69) is 10.2 Å². The number of azo groups is 1. The Bertz CT molecular complexity index is 195. The molecule has 0 saturated heterocycles. The Kier molecular flexibility index (Phi) is 9.65. The van der Waals surface area contributed by atoms with Crippen molar-refractivity contribution in [1.29, 1.82) is 0 Å². The van der Waals surface area contributed by atoms with Crippen molar-refractivity contribution >= 4 is 0 Å². The topological polar surface area (TPSA) is 43.2 Å². The van der Waals surface area contributed by atoms with Crippen LogP contribution in [0.2, 0.25) is 0 Å². The zero-order valence-electron chi connectivity index (χ0n) is 10.6. The van der Waals surface area contributed by atoms with Crippen LogP contribution in [0.15, 0.2) is 22.7 Å². The highest BCUT2D eigenvalue weighted by Gasteiger charge is 1.93. The minimum Gasteiger partial charge on any atom is -0.344 e. The van der Waals surface area contributed by atoms with Crippen LogP contribution in [0.3, 0.4) is 0 Å². The fourth-order valence-corrected chi connectivity index (χ4v) is 1.83. The lowest BCUT2D eigenvalue weighted by atomic mass is 10.1. The van der Waals surface area contributed by atoms with Gasteiger partial charge in [0.2, 0.25) is 0 Å². The van der Waals surface area contributed by atoms with Crippen LogP contribution in [0.4, 0.5) is 0 Å². The Morgan fingerprint density at radius 1 is 0.765 bits per heavy atom. The van der Waals surface area contributed by atoms with Crippen LogP contribution in [0.5, 0.6) is 0 Å². The van der Waals surface area contributed by atoms with Crippen LogP contribution in [0.25, 0.3) is 0 Å². The Labute approximate surface area is 104 Å². The maximum absolute atomic E-state index is 4.97. The summed E-state index contributed by atoms with van der Waals surface area (Å²) in [5, 5.41) is 7.88. The summed E-state index contributed by atoms with van der Waals surface area (Å²) in [6.45, 7) is 1.46. The smallest absolute Gasteiger partial charge is 0.149 e. The summed E-state index contributed by atoms with van der Waals surface area (Å²) in [5.74, 6) is 0. The van der Waals surface area contributed by atoms with Gasteiger partial charge < -0.3 is 4.89 Å². The molecule has 0 bridgehead atoms. The molecule has 0 amide bonds. The average Bonchev–Trinajstić information content (AvgIpc) is 2.35. The van der Waals surface area contributed by atoms with Gasteiger partial charge in [0, 0.05) is 0 Å². The van der Waals surface area contributed by atoms with E-state index in [-0.39, 0.29) is 0 Å². The molecule has 0 radical (unpaired) electrons. The van der Waals surface area contributed by atoms with Crippen molar-refractivity contribution in [2.24, 2.45) is 10.2 Å². The number of rotatable bonds is 0. The molecule has 0 aromatic carbocycles. The van der Waals surface area contributed by atoms with Crippen LogP contribution in [0, 0.1) is 0 Å². The minimum absolute atomic E-state index is 0.654. The molecule has 1 aliphatic heterocycles. The van der Waals surface area contributed by atoms with Gasteiger partial charge in [-0.3, -0.25) is 0 Å². The predicted octanol–water partition coefficient (Wildman–Crippen LogP) is 4.38. The number of hydrogen-bond acceptors (Lipinski definition) is 4. The lowest BCUT2D eigenvalue weighted by Crippen LogP contribution is -1.92. The number of hydrogen-bond donors (Lipinski definition) is 0. The van der Waals surface area contributed by atoms with Crippen molar-refractivity contribution in [3.8, 4) is 0 Å². The summed E-state index contributed by atoms with van der Waals surface area (Å²) < 4.78 is 0. The standard InChI is InChI=1S/C13H24N2O2/c1-2-4-6-8-10-14-15-11-13-17-16-12-9-7-5-3-1/h11,13H,1-10,12H2/b13-11-,15-14?. The zero-order chi connectivity index (χ0) is 12.0. The molecule has 4 heteroatoms. The van der Waals surface area contributed by atoms with Gasteiger partial charge in [-0.2, -0.15) is 15.1 Å². The normalized spacial score (nSPS) is 23.5. The maximum Gasteiger partial charge on any atom is 0.149 e. The molecule has 0 spiro atoms. The summed E-state index contributed by atoms with van der Waals surface area (Å²) >= 11 is 0. The first-order valence-corrected chi connectivity index (χ1v) is 6.80. The highest BCUT2D eigenvalue weighted by atomic mass is 17.2. The first-order chi connectivity index (χ1) is 8.50. The van der Waals surface area contributed by atoms with Crippen molar-refractivity contribution in [2.75, 3.05) is 13.2 Å². The molecular weight excluding hydrogens is 216 g/mol. The lowest BCUT2D eigenvalue weighted by molar-refractivity contribution is -0.249. The second-order valence-corrected chi connectivity index (χ2v) is 4.37. The van der Waals surface area contributed by atoms with Crippen molar-refractivity contribution in [1.82, 2.24) is 0 Å². The van der Waals surface area contributed by atoms with Gasteiger partial charge in [0.15, 0.2) is 0 Å². The van der Waals surface area contributed by atoms with Crippen LogP contribution in [-0.4, -0.2) is 13.2 Å². The third-order valence-corrected chi connectivity index (χ3v) is 2.82. The second-order valence-electron chi connectivity index (χ2n) is 4.37. The zero-order valence-corrected chi connectivity index (χ0v) is 10.6. The average molecular weight is 240 g/mol. The van der Waals surface area contributed by atoms with Gasteiger partial charge in [-0.1, -0.05) is 44.9 Å². The van der Waals surface area contributed by atoms with Crippen LogP contribution in [0.1, 0.15) is 57.8 Å². The molecule has 1 rings (SSSR count). The van der Waals surface area contributed by atoms with E-state index in [1.54, 1.807) is 0 Å². The molecule has 1 heterocycles. The summed E-state index contributed by atoms with van der Waals surface area (Å²) in [4.78, 5) is 9.80. The van der Waals surface area contributed by atoms with Crippen molar-refractivity contribution in [3.05, 3.63) is 12.5 Å². The molecule has 0 saturated carbocycles. The van der Waals surface area contributed by atoms with E-state index in [1.165, 1.54) is 57.4 Å². The SMILES string of the molecule is C1=C\OOCCCCCCCCCCCN=N/1. The lowest BCUT2D eigenvalue weighted by Gasteiger charge is -2.02. The van der Waals surface area contributed by atoms with Gasteiger partial charge in [0.05, 0.1) is 19.4 Å². The third-order valence-electron chi connectivity index (χ3n) is 2.82. The largest absolute Gasteiger partial charge is 0.344 e. The van der Waals surface area contributed by atoms with Gasteiger partial charge in [-0.15, -0.1) is 0 Å². The van der Waals surface area contributed by atoms with Gasteiger partial charge in [-0.25, -0.2) is 0 Å². The predicted molar refractivity (Wildman–Crippen MR) is 67.5 cm³/mol. The van der Waals surface area contributed by atoms with E-state index in [0.717, 1.165) is 19.4 Å². The van der Waals surface area contributed by atoms with Crippen LogP contribution >= 0.6 is 0 Å². The van der Waals surface area contributed by atoms with Gasteiger partial charge in [-0.05, 0) is 12.8 Å². The fourth-order valence-electron chi connectivity index (χ4n) is 1.83. The Hall–Kier alpha value is -0.900. The first kappa shape index (κ1) is 14.2. The Morgan fingerprint density at radius 2 is 1.41 bits per heavy atom. The summed E-state index contributed by atoms with van der Waals surface area (Å²) in [7, 11) is 0. The third kappa shape index (κ3) is 10.00. The first-order valence-electron chi connectivity index (χ1n) is 6.80. The van der Waals surface area contributed by atoms with Crippen LogP contribution < -0.4 is 0 Å². The Morgan fingerprint density at radius 3 is 2.18 bits per heavy atom. The van der Waals surface area contributed by atoms with Gasteiger partial charge in [0.1, 0.15) is 6.26 Å². The molecule has 0 aliphatic carbocycles. The monoisotopic (exact) mass is 240 g/mol. The fraction of sp³-hybridized carbons (Fsp3) is 0.846. The molecule has 0 unspecified atom stereocenters. The molecule has 17 heavy (non-hydrogen) atoms. The molecule has 0 atom stereocenters. The molecule has 0 fully saturated rings. The van der Waals surface area contributed by atoms with Crippen LogP contribution in [-0.2, 0) is 9.78 Å². The van der Waals surface area contributed by atoms with Gasteiger partial charge >= 0.3 is 0 Å². The van der Waals surface area contributed by atoms with Crippen molar-refractivity contribution in [3.63, 3.8) is 0 Å². The molecule has 1 aliphatic rings. The highest BCUT2D eigenvalue weighted by Crippen LogP contribution is 2.10. The van der Waals surface area contributed by atoms with E-state index in [9.17, 15) is 0 Å². The molecule has 0 aromatic rings. The van der Waals surface area contributed by atoms with E-state index in [0.29, 0.717) is 6.61 Å². The highest BCUT2D eigenvalue weighted by molar-refractivity contribution is 4.66. The molecule has 4 nitrogen and oxygen atoms in total. The quantitative estimate of drug-likeness (QED) is 0.589. The number of nitrogens with zero attached hydrogens (tertiary/aromatic N) is 2. The van der Waals surface area contributed by atoms with E-state index >= 15 is 0 Å². The molecular formula is C13H24N2O2. The minimum atomic E-state index is 0.654. The van der Waals surface area contributed by atoms with Gasteiger partial charge in [0.25, 0.3) is 0 Å².